The quantitative estimate of drug-likeness (QED) is 0.747. The van der Waals surface area contributed by atoms with Crippen molar-refractivity contribution in [3.63, 3.8) is 0 Å². The van der Waals surface area contributed by atoms with Gasteiger partial charge in [0.25, 0.3) is 5.56 Å². The van der Waals surface area contributed by atoms with Gasteiger partial charge in [0.1, 0.15) is 0 Å². The molecule has 0 aliphatic rings. The van der Waals surface area contributed by atoms with E-state index in [1.165, 1.54) is 9.47 Å². The highest BCUT2D eigenvalue weighted by Gasteiger charge is 2.17. The molecule has 0 saturated carbocycles. The number of fused-ring (bicyclic) bond motifs is 1. The molecule has 1 N–H and O–H groups in total. The van der Waals surface area contributed by atoms with E-state index >= 15 is 0 Å². The zero-order valence-electron chi connectivity index (χ0n) is 15.3. The van der Waals surface area contributed by atoms with E-state index in [2.05, 4.69) is 4.98 Å². The summed E-state index contributed by atoms with van der Waals surface area (Å²) in [6.45, 7) is 5.22. The number of benzene rings is 1. The van der Waals surface area contributed by atoms with E-state index in [-0.39, 0.29) is 41.7 Å². The summed E-state index contributed by atoms with van der Waals surface area (Å²) in [7, 11) is 1.59. The van der Waals surface area contributed by atoms with Gasteiger partial charge in [-0.05, 0) is 38.2 Å². The minimum absolute atomic E-state index is 0.0278. The standard InChI is InChI=1S/C18H24N4O3S/c1-4-21(5-2)16(24)12-20(3)15(23)10-11-22-17(25)13-8-6-7-9-14(13)19-18(22)26/h6-9H,4-5,10-12H2,1-3H3,(H,19,26). The molecule has 0 radical (unpaired) electrons. The number of carbonyl (C=O) groups excluding carboxylic acids is 2. The first-order valence-corrected chi connectivity index (χ1v) is 9.03. The molecule has 2 amide bonds. The summed E-state index contributed by atoms with van der Waals surface area (Å²) in [6, 6.07) is 7.11. The Labute approximate surface area is 157 Å². The number of carbonyl (C=O) groups is 2. The summed E-state index contributed by atoms with van der Waals surface area (Å²) in [5.41, 5.74) is 0.450. The molecule has 0 atom stereocenters. The van der Waals surface area contributed by atoms with Crippen molar-refractivity contribution in [2.45, 2.75) is 26.8 Å². The normalized spacial score (nSPS) is 10.7. The molecule has 1 heterocycles. The van der Waals surface area contributed by atoms with E-state index < -0.39 is 0 Å². The highest BCUT2D eigenvalue weighted by atomic mass is 32.1. The van der Waals surface area contributed by atoms with E-state index in [1.54, 1.807) is 30.1 Å². The van der Waals surface area contributed by atoms with Crippen LogP contribution in [0.4, 0.5) is 0 Å². The van der Waals surface area contributed by atoms with Crippen LogP contribution in [0.1, 0.15) is 20.3 Å². The fourth-order valence-corrected chi connectivity index (χ4v) is 3.05. The van der Waals surface area contributed by atoms with Gasteiger partial charge < -0.3 is 14.8 Å². The number of nitrogens with one attached hydrogen (secondary N) is 1. The first-order chi connectivity index (χ1) is 12.4. The zero-order valence-corrected chi connectivity index (χ0v) is 16.1. The number of H-pyrrole nitrogens is 1. The van der Waals surface area contributed by atoms with E-state index in [4.69, 9.17) is 12.2 Å². The fourth-order valence-electron chi connectivity index (χ4n) is 2.77. The van der Waals surface area contributed by atoms with E-state index in [1.807, 2.05) is 19.9 Å². The first-order valence-electron chi connectivity index (χ1n) is 8.62. The van der Waals surface area contributed by atoms with Crippen molar-refractivity contribution in [1.29, 1.82) is 0 Å². The second-order valence-electron chi connectivity index (χ2n) is 6.00. The average Bonchev–Trinajstić information content (AvgIpc) is 2.62. The maximum atomic E-state index is 12.6. The second kappa shape index (κ2) is 8.75. The molecule has 0 fully saturated rings. The zero-order chi connectivity index (χ0) is 19.3. The Hall–Kier alpha value is -2.48. The number of hydrogen-bond acceptors (Lipinski definition) is 4. The molecule has 2 rings (SSSR count). The molecule has 0 aliphatic carbocycles. The summed E-state index contributed by atoms with van der Waals surface area (Å²) >= 11 is 5.24. The molecule has 140 valence electrons. The number of amides is 2. The summed E-state index contributed by atoms with van der Waals surface area (Å²) in [4.78, 5) is 43.1. The number of para-hydroxylation sites is 1. The average molecular weight is 376 g/mol. The molecule has 0 aliphatic heterocycles. The predicted molar refractivity (Wildman–Crippen MR) is 104 cm³/mol. The predicted octanol–water partition coefficient (Wildman–Crippen LogP) is 1.78. The van der Waals surface area contributed by atoms with E-state index in [0.29, 0.717) is 24.0 Å². The smallest absolute Gasteiger partial charge is 0.262 e. The van der Waals surface area contributed by atoms with Crippen LogP contribution in [0.3, 0.4) is 0 Å². The van der Waals surface area contributed by atoms with Crippen molar-refractivity contribution in [2.75, 3.05) is 26.7 Å². The van der Waals surface area contributed by atoms with Gasteiger partial charge in [0.2, 0.25) is 11.8 Å². The van der Waals surface area contributed by atoms with Crippen molar-refractivity contribution in [2.24, 2.45) is 0 Å². The van der Waals surface area contributed by atoms with Crippen molar-refractivity contribution in [3.8, 4) is 0 Å². The van der Waals surface area contributed by atoms with Gasteiger partial charge in [0.15, 0.2) is 4.77 Å². The van der Waals surface area contributed by atoms with Crippen LogP contribution in [0.5, 0.6) is 0 Å². The molecule has 8 heteroatoms. The maximum Gasteiger partial charge on any atom is 0.262 e. The van der Waals surface area contributed by atoms with Gasteiger partial charge in [-0.2, -0.15) is 0 Å². The number of aromatic amines is 1. The molecule has 26 heavy (non-hydrogen) atoms. The number of nitrogens with zero attached hydrogens (tertiary/aromatic N) is 3. The fraction of sp³-hybridized carbons (Fsp3) is 0.444. The SMILES string of the molecule is CCN(CC)C(=O)CN(C)C(=O)CCn1c(=S)[nH]c2ccccc2c1=O. The molecule has 0 spiro atoms. The number of likely N-dealkylation sites (N-methyl/N-ethyl adjacent to an activating group) is 2. The summed E-state index contributed by atoms with van der Waals surface area (Å²) < 4.78 is 1.67. The third-order valence-corrected chi connectivity index (χ3v) is 4.68. The molecule has 1 aromatic heterocycles. The van der Waals surface area contributed by atoms with Crippen LogP contribution in [0.2, 0.25) is 0 Å². The van der Waals surface area contributed by atoms with Gasteiger partial charge in [-0.15, -0.1) is 0 Å². The second-order valence-corrected chi connectivity index (χ2v) is 6.39. The van der Waals surface area contributed by atoms with Crippen molar-refractivity contribution >= 4 is 34.9 Å². The van der Waals surface area contributed by atoms with E-state index in [9.17, 15) is 14.4 Å². The first kappa shape index (κ1) is 19.8. The van der Waals surface area contributed by atoms with Gasteiger partial charge in [-0.3, -0.25) is 19.0 Å². The molecule has 0 bridgehead atoms. The van der Waals surface area contributed by atoms with Gasteiger partial charge >= 0.3 is 0 Å². The molecule has 1 aromatic carbocycles. The van der Waals surface area contributed by atoms with Crippen LogP contribution in [0.15, 0.2) is 29.1 Å². The van der Waals surface area contributed by atoms with Gasteiger partial charge in [-0.25, -0.2) is 0 Å². The minimum atomic E-state index is -0.223. The third kappa shape index (κ3) is 4.37. The van der Waals surface area contributed by atoms with Crippen LogP contribution in [0.25, 0.3) is 10.9 Å². The van der Waals surface area contributed by atoms with Gasteiger partial charge in [0.05, 0.1) is 17.4 Å². The third-order valence-electron chi connectivity index (χ3n) is 4.35. The molecule has 2 aromatic rings. The topological polar surface area (TPSA) is 78.4 Å². The van der Waals surface area contributed by atoms with Crippen LogP contribution >= 0.6 is 12.2 Å². The Morgan fingerprint density at radius 3 is 2.46 bits per heavy atom. The minimum Gasteiger partial charge on any atom is -0.342 e. The van der Waals surface area contributed by atoms with Crippen LogP contribution < -0.4 is 5.56 Å². The van der Waals surface area contributed by atoms with Crippen LogP contribution in [0, 0.1) is 4.77 Å². The molecule has 0 saturated heterocycles. The monoisotopic (exact) mass is 376 g/mol. The number of hydrogen-bond donors (Lipinski definition) is 1. The Morgan fingerprint density at radius 1 is 1.15 bits per heavy atom. The lowest BCUT2D eigenvalue weighted by molar-refractivity contribution is -0.139. The van der Waals surface area contributed by atoms with Crippen molar-refractivity contribution in [3.05, 3.63) is 39.4 Å². The Kier molecular flexibility index (Phi) is 6.68. The Morgan fingerprint density at radius 2 is 1.81 bits per heavy atom. The van der Waals surface area contributed by atoms with Crippen LogP contribution in [-0.4, -0.2) is 57.8 Å². The largest absolute Gasteiger partial charge is 0.342 e. The summed E-state index contributed by atoms with van der Waals surface area (Å²) in [6.07, 6.45) is 0.0950. The van der Waals surface area contributed by atoms with Gasteiger partial charge in [-0.1, -0.05) is 12.1 Å². The summed E-state index contributed by atoms with van der Waals surface area (Å²) in [5, 5.41) is 0.526. The lowest BCUT2D eigenvalue weighted by Crippen LogP contribution is -2.41. The molecule has 7 nitrogen and oxygen atoms in total. The molecular formula is C18H24N4O3S. The van der Waals surface area contributed by atoms with Crippen molar-refractivity contribution in [1.82, 2.24) is 19.4 Å². The molecular weight excluding hydrogens is 352 g/mol. The van der Waals surface area contributed by atoms with Gasteiger partial charge in [0, 0.05) is 33.1 Å². The van der Waals surface area contributed by atoms with Crippen LogP contribution in [-0.2, 0) is 16.1 Å². The number of aromatic nitrogens is 2. The lowest BCUT2D eigenvalue weighted by Gasteiger charge is -2.23. The highest BCUT2D eigenvalue weighted by molar-refractivity contribution is 7.71. The lowest BCUT2D eigenvalue weighted by atomic mass is 10.2. The Bertz CT molecular complexity index is 915. The summed E-state index contributed by atoms with van der Waals surface area (Å²) in [5.74, 6) is -0.300. The Balaban J connectivity index is 2.08. The maximum absolute atomic E-state index is 12.6. The number of rotatable bonds is 7. The highest BCUT2D eigenvalue weighted by Crippen LogP contribution is 2.06. The molecule has 0 unspecified atom stereocenters. The van der Waals surface area contributed by atoms with Crippen molar-refractivity contribution < 1.29 is 9.59 Å². The van der Waals surface area contributed by atoms with E-state index in [0.717, 1.165) is 0 Å².